The largest absolute Gasteiger partial charge is 0.403 e. The first kappa shape index (κ1) is 13.4. The predicted octanol–water partition coefficient (Wildman–Crippen LogP) is 1.12. The number of fused-ring (bicyclic) bond motifs is 1. The molecule has 0 bridgehead atoms. The number of carbonyl (C=O) groups is 2. The van der Waals surface area contributed by atoms with Crippen molar-refractivity contribution in [2.24, 2.45) is 0 Å². The van der Waals surface area contributed by atoms with Gasteiger partial charge in [-0.15, -0.1) is 16.4 Å². The summed E-state index contributed by atoms with van der Waals surface area (Å²) in [6, 6.07) is 0. The Kier molecular flexibility index (Phi) is 2.98. The van der Waals surface area contributed by atoms with Crippen LogP contribution in [0.15, 0.2) is 5.38 Å². The highest BCUT2D eigenvalue weighted by Gasteiger charge is 2.48. The molecule has 2 aliphatic rings. The first-order valence-electron chi connectivity index (χ1n) is 6.49. The second kappa shape index (κ2) is 4.46. The highest BCUT2D eigenvalue weighted by Crippen LogP contribution is 2.44. The number of nitrogens with one attached hydrogen (secondary N) is 1. The van der Waals surface area contributed by atoms with E-state index in [9.17, 15) is 9.59 Å². The Hall–Kier alpha value is -1.60. The van der Waals surface area contributed by atoms with Gasteiger partial charge in [-0.3, -0.25) is 14.9 Å². The summed E-state index contributed by atoms with van der Waals surface area (Å²) in [5, 5.41) is 7.19. The minimum atomic E-state index is -0.797. The zero-order valence-electron chi connectivity index (χ0n) is 11.7. The van der Waals surface area contributed by atoms with Gasteiger partial charge in [-0.2, -0.15) is 0 Å². The molecule has 108 valence electrons. The molecule has 1 saturated heterocycles. The van der Waals surface area contributed by atoms with Crippen LogP contribution in [0, 0.1) is 0 Å². The average Bonchev–Trinajstić information content (AvgIpc) is 2.93. The Morgan fingerprint density at radius 2 is 2.20 bits per heavy atom. The first-order chi connectivity index (χ1) is 9.41. The monoisotopic (exact) mass is 295 g/mol. The fourth-order valence-electron chi connectivity index (χ4n) is 2.56. The van der Waals surface area contributed by atoms with E-state index in [1.807, 2.05) is 31.3 Å². The summed E-state index contributed by atoms with van der Waals surface area (Å²) in [4.78, 5) is 31.3. The maximum absolute atomic E-state index is 12.1. The zero-order valence-corrected chi connectivity index (χ0v) is 12.5. The SMILES string of the molecule is CN(C)c1scc2c1CN([C@]1(C)CCC(=O)NC1=O)O2. The van der Waals surface area contributed by atoms with E-state index in [0.717, 1.165) is 16.3 Å². The van der Waals surface area contributed by atoms with Gasteiger partial charge >= 0.3 is 0 Å². The summed E-state index contributed by atoms with van der Waals surface area (Å²) in [5.74, 6) is 0.313. The Morgan fingerprint density at radius 3 is 2.85 bits per heavy atom. The van der Waals surface area contributed by atoms with Crippen molar-refractivity contribution in [3.05, 3.63) is 10.9 Å². The normalized spacial score (nSPS) is 26.1. The minimum absolute atomic E-state index is 0.213. The summed E-state index contributed by atoms with van der Waals surface area (Å²) in [7, 11) is 3.98. The van der Waals surface area contributed by atoms with Gasteiger partial charge in [0.2, 0.25) is 11.8 Å². The van der Waals surface area contributed by atoms with Crippen molar-refractivity contribution in [2.75, 3.05) is 19.0 Å². The van der Waals surface area contributed by atoms with Crippen LogP contribution in [0.5, 0.6) is 5.75 Å². The Labute approximate surface area is 121 Å². The van der Waals surface area contributed by atoms with E-state index in [0.29, 0.717) is 19.4 Å². The number of thiophene rings is 1. The molecule has 1 atom stereocenters. The van der Waals surface area contributed by atoms with E-state index in [1.54, 1.807) is 16.4 Å². The molecule has 1 aromatic heterocycles. The molecule has 6 nitrogen and oxygen atoms in total. The fraction of sp³-hybridized carbons (Fsp3) is 0.538. The second-order valence-corrected chi connectivity index (χ2v) is 6.42. The van der Waals surface area contributed by atoms with Crippen molar-refractivity contribution >= 4 is 28.2 Å². The predicted molar refractivity (Wildman–Crippen MR) is 75.6 cm³/mol. The number of anilines is 1. The van der Waals surface area contributed by atoms with E-state index in [4.69, 9.17) is 4.84 Å². The number of carbonyl (C=O) groups excluding carboxylic acids is 2. The van der Waals surface area contributed by atoms with Crippen molar-refractivity contribution < 1.29 is 14.4 Å². The molecule has 0 aromatic carbocycles. The maximum atomic E-state index is 12.1. The van der Waals surface area contributed by atoms with Crippen LogP contribution in [0.4, 0.5) is 5.00 Å². The van der Waals surface area contributed by atoms with Crippen molar-refractivity contribution in [3.8, 4) is 5.75 Å². The highest BCUT2D eigenvalue weighted by atomic mass is 32.1. The maximum Gasteiger partial charge on any atom is 0.250 e. The lowest BCUT2D eigenvalue weighted by Gasteiger charge is -2.37. The third-order valence-corrected chi connectivity index (χ3v) is 5.05. The Bertz CT molecular complexity index is 583. The number of hydrogen-bond donors (Lipinski definition) is 1. The lowest BCUT2D eigenvalue weighted by Crippen LogP contribution is -2.60. The van der Waals surface area contributed by atoms with Gasteiger partial charge in [0, 0.05) is 31.5 Å². The third-order valence-electron chi connectivity index (χ3n) is 3.88. The van der Waals surface area contributed by atoms with Gasteiger partial charge in [-0.1, -0.05) is 0 Å². The van der Waals surface area contributed by atoms with Gasteiger partial charge in [-0.25, -0.2) is 0 Å². The van der Waals surface area contributed by atoms with Crippen molar-refractivity contribution in [1.29, 1.82) is 0 Å². The Balaban J connectivity index is 1.84. The summed E-state index contributed by atoms with van der Waals surface area (Å²) in [5.41, 5.74) is 0.305. The van der Waals surface area contributed by atoms with Crippen LogP contribution in [0.25, 0.3) is 0 Å². The Morgan fingerprint density at radius 1 is 1.45 bits per heavy atom. The van der Waals surface area contributed by atoms with Gasteiger partial charge in [0.15, 0.2) is 5.75 Å². The quantitative estimate of drug-likeness (QED) is 0.829. The van der Waals surface area contributed by atoms with Crippen LogP contribution in [-0.2, 0) is 16.1 Å². The summed E-state index contributed by atoms with van der Waals surface area (Å²) in [6.45, 7) is 2.38. The molecule has 20 heavy (non-hydrogen) atoms. The minimum Gasteiger partial charge on any atom is -0.403 e. The molecule has 3 rings (SSSR count). The molecular weight excluding hydrogens is 278 g/mol. The van der Waals surface area contributed by atoms with Crippen LogP contribution < -0.4 is 15.1 Å². The standard InChI is InChI=1S/C13H17N3O3S/c1-13(5-4-10(17)14-12(13)18)16-6-8-9(19-16)7-20-11(8)15(2)3/h7H,4-6H2,1-3H3,(H,14,17,18)/t13-/m1/s1. The van der Waals surface area contributed by atoms with Crippen LogP contribution in [0.3, 0.4) is 0 Å². The van der Waals surface area contributed by atoms with Gasteiger partial charge in [0.05, 0.1) is 11.5 Å². The summed E-state index contributed by atoms with van der Waals surface area (Å²) < 4.78 is 0. The van der Waals surface area contributed by atoms with E-state index in [-0.39, 0.29) is 11.8 Å². The smallest absolute Gasteiger partial charge is 0.250 e. The van der Waals surface area contributed by atoms with E-state index in [1.165, 1.54) is 0 Å². The molecule has 0 aliphatic carbocycles. The molecule has 0 saturated carbocycles. The van der Waals surface area contributed by atoms with E-state index < -0.39 is 5.54 Å². The number of nitrogens with zero attached hydrogens (tertiary/aromatic N) is 2. The van der Waals surface area contributed by atoms with Crippen molar-refractivity contribution in [3.63, 3.8) is 0 Å². The van der Waals surface area contributed by atoms with Gasteiger partial charge in [0.25, 0.3) is 0 Å². The van der Waals surface area contributed by atoms with Gasteiger partial charge in [-0.05, 0) is 13.3 Å². The van der Waals surface area contributed by atoms with E-state index in [2.05, 4.69) is 5.32 Å². The highest BCUT2D eigenvalue weighted by molar-refractivity contribution is 7.14. The summed E-state index contributed by atoms with van der Waals surface area (Å²) in [6.07, 6.45) is 0.818. The van der Waals surface area contributed by atoms with Crippen LogP contribution in [-0.4, -0.2) is 36.5 Å². The molecule has 3 heterocycles. The molecule has 0 unspecified atom stereocenters. The number of amides is 2. The first-order valence-corrected chi connectivity index (χ1v) is 7.37. The third kappa shape index (κ3) is 1.89. The van der Waals surface area contributed by atoms with Crippen LogP contribution in [0.1, 0.15) is 25.3 Å². The van der Waals surface area contributed by atoms with Crippen LogP contribution in [0.2, 0.25) is 0 Å². The summed E-state index contributed by atoms with van der Waals surface area (Å²) >= 11 is 1.63. The molecule has 2 aliphatic heterocycles. The molecular formula is C13H17N3O3S. The number of hydroxylamine groups is 2. The molecule has 0 spiro atoms. The number of hydrogen-bond acceptors (Lipinski definition) is 6. The molecule has 1 fully saturated rings. The number of imide groups is 1. The van der Waals surface area contributed by atoms with Gasteiger partial charge < -0.3 is 9.74 Å². The average molecular weight is 295 g/mol. The fourth-order valence-corrected chi connectivity index (χ4v) is 3.48. The van der Waals surface area contributed by atoms with E-state index >= 15 is 0 Å². The zero-order chi connectivity index (χ0) is 14.5. The molecule has 7 heteroatoms. The molecule has 2 amide bonds. The number of piperidine rings is 1. The van der Waals surface area contributed by atoms with Crippen molar-refractivity contribution in [1.82, 2.24) is 10.4 Å². The molecule has 0 radical (unpaired) electrons. The van der Waals surface area contributed by atoms with Gasteiger partial charge in [0.1, 0.15) is 5.54 Å². The lowest BCUT2D eigenvalue weighted by molar-refractivity contribution is -0.169. The van der Waals surface area contributed by atoms with Crippen LogP contribution >= 0.6 is 11.3 Å². The number of rotatable bonds is 2. The second-order valence-electron chi connectivity index (χ2n) is 5.56. The lowest BCUT2D eigenvalue weighted by atomic mass is 9.90. The molecule has 1 N–H and O–H groups in total. The topological polar surface area (TPSA) is 61.9 Å². The van der Waals surface area contributed by atoms with Crippen molar-refractivity contribution in [2.45, 2.75) is 31.8 Å². The molecule has 1 aromatic rings.